The fourth-order valence-corrected chi connectivity index (χ4v) is 6.94. The van der Waals surface area contributed by atoms with Gasteiger partial charge in [0, 0.05) is 0 Å². The molecule has 2 heteroatoms. The van der Waals surface area contributed by atoms with E-state index in [1.807, 2.05) is 0 Å². The first-order chi connectivity index (χ1) is 10.2. The molecule has 124 valence electrons. The van der Waals surface area contributed by atoms with Crippen LogP contribution in [0.25, 0.3) is 0 Å². The van der Waals surface area contributed by atoms with E-state index in [2.05, 4.69) is 47.6 Å². The maximum absolute atomic E-state index is 6.53. The first kappa shape index (κ1) is 15.2. The monoisotopic (exact) mass is 304 g/mol. The molecule has 1 spiro atoms. The Kier molecular flexibility index (Phi) is 3.03. The summed E-state index contributed by atoms with van der Waals surface area (Å²) in [6.07, 6.45) is 7.66. The van der Waals surface area contributed by atoms with Gasteiger partial charge < -0.3 is 9.47 Å². The van der Waals surface area contributed by atoms with E-state index in [0.29, 0.717) is 16.7 Å². The summed E-state index contributed by atoms with van der Waals surface area (Å²) in [6, 6.07) is 0. The Balaban J connectivity index is 1.73. The molecule has 1 saturated heterocycles. The first-order valence-corrected chi connectivity index (χ1v) is 9.18. The van der Waals surface area contributed by atoms with Gasteiger partial charge in [-0.25, -0.2) is 0 Å². The zero-order valence-electron chi connectivity index (χ0n) is 15.1. The molecule has 1 heterocycles. The molecule has 0 radical (unpaired) electrons. The molecule has 7 unspecified atom stereocenters. The number of hydrogen-bond donors (Lipinski definition) is 0. The van der Waals surface area contributed by atoms with Crippen molar-refractivity contribution in [2.45, 2.75) is 85.2 Å². The van der Waals surface area contributed by atoms with Gasteiger partial charge in [-0.15, -0.1) is 0 Å². The number of ether oxygens (including phenoxy) is 2. The van der Waals surface area contributed by atoms with E-state index >= 15 is 0 Å². The summed E-state index contributed by atoms with van der Waals surface area (Å²) in [5, 5.41) is 0. The third-order valence-corrected chi connectivity index (χ3v) is 7.98. The molecule has 2 bridgehead atoms. The molecule has 0 amide bonds. The van der Waals surface area contributed by atoms with E-state index in [-0.39, 0.29) is 18.0 Å². The zero-order chi connectivity index (χ0) is 15.9. The molecule has 0 aromatic carbocycles. The lowest BCUT2D eigenvalue weighted by atomic mass is 9.63. The largest absolute Gasteiger partial charge is 0.343 e. The summed E-state index contributed by atoms with van der Waals surface area (Å²) in [5.41, 5.74) is 2.07. The van der Waals surface area contributed by atoms with Gasteiger partial charge in [0.05, 0.1) is 11.7 Å². The van der Waals surface area contributed by atoms with Crippen molar-refractivity contribution in [1.29, 1.82) is 0 Å². The molecule has 4 rings (SSSR count). The van der Waals surface area contributed by atoms with Crippen molar-refractivity contribution in [3.05, 3.63) is 11.6 Å². The summed E-state index contributed by atoms with van der Waals surface area (Å²) in [7, 11) is 0. The van der Waals surface area contributed by atoms with Gasteiger partial charge in [0.15, 0.2) is 6.29 Å². The maximum atomic E-state index is 6.53. The van der Waals surface area contributed by atoms with Crippen LogP contribution < -0.4 is 0 Å². The minimum atomic E-state index is -0.137. The molecule has 3 saturated carbocycles. The molecule has 0 aromatic rings. The second kappa shape index (κ2) is 4.39. The van der Waals surface area contributed by atoms with Gasteiger partial charge >= 0.3 is 0 Å². The zero-order valence-corrected chi connectivity index (χ0v) is 15.1. The van der Waals surface area contributed by atoms with Crippen LogP contribution in [-0.2, 0) is 9.47 Å². The molecule has 2 nitrogen and oxygen atoms in total. The summed E-state index contributed by atoms with van der Waals surface area (Å²) in [5.74, 6) is 2.33. The van der Waals surface area contributed by atoms with E-state index in [0.717, 1.165) is 11.8 Å². The Morgan fingerprint density at radius 3 is 2.45 bits per heavy atom. The van der Waals surface area contributed by atoms with E-state index < -0.39 is 0 Å². The second-order valence-corrected chi connectivity index (χ2v) is 9.59. The Labute approximate surface area is 135 Å². The normalized spacial score (nSPS) is 54.9. The van der Waals surface area contributed by atoms with Crippen molar-refractivity contribution in [3.63, 3.8) is 0 Å². The number of allylic oxidation sites excluding steroid dienone is 1. The molecule has 0 N–H and O–H groups in total. The summed E-state index contributed by atoms with van der Waals surface area (Å²) >= 11 is 0. The van der Waals surface area contributed by atoms with Gasteiger partial charge in [-0.05, 0) is 81.1 Å². The summed E-state index contributed by atoms with van der Waals surface area (Å²) < 4.78 is 12.9. The Morgan fingerprint density at radius 2 is 1.77 bits per heavy atom. The lowest BCUT2D eigenvalue weighted by Gasteiger charge is -2.47. The summed E-state index contributed by atoms with van der Waals surface area (Å²) in [6.45, 7) is 14.1. The Bertz CT molecular complexity index is 518. The molecule has 1 aliphatic heterocycles. The van der Waals surface area contributed by atoms with Crippen molar-refractivity contribution in [1.82, 2.24) is 0 Å². The average Bonchev–Trinajstić information content (AvgIpc) is 2.93. The van der Waals surface area contributed by atoms with Crippen molar-refractivity contribution in [2.75, 3.05) is 0 Å². The second-order valence-electron chi connectivity index (χ2n) is 9.59. The van der Waals surface area contributed by atoms with Crippen LogP contribution in [0.4, 0.5) is 0 Å². The third kappa shape index (κ3) is 1.69. The van der Waals surface area contributed by atoms with Gasteiger partial charge in [0.25, 0.3) is 0 Å². The van der Waals surface area contributed by atoms with Gasteiger partial charge in [-0.1, -0.05) is 26.3 Å². The fraction of sp³-hybridized carbons (Fsp3) is 0.900. The Hall–Kier alpha value is -0.340. The molecule has 3 aliphatic carbocycles. The van der Waals surface area contributed by atoms with Crippen LogP contribution in [0, 0.1) is 28.6 Å². The van der Waals surface area contributed by atoms with Crippen LogP contribution in [0.15, 0.2) is 11.6 Å². The fourth-order valence-electron chi connectivity index (χ4n) is 6.94. The highest BCUT2D eigenvalue weighted by atomic mass is 16.7. The van der Waals surface area contributed by atoms with Crippen LogP contribution in [-0.4, -0.2) is 18.0 Å². The van der Waals surface area contributed by atoms with Crippen LogP contribution >= 0.6 is 0 Å². The average molecular weight is 304 g/mol. The smallest absolute Gasteiger partial charge is 0.178 e. The topological polar surface area (TPSA) is 18.5 Å². The molecule has 7 atom stereocenters. The van der Waals surface area contributed by atoms with Crippen molar-refractivity contribution < 1.29 is 9.47 Å². The van der Waals surface area contributed by atoms with Gasteiger partial charge in [-0.3, -0.25) is 0 Å². The number of fused-ring (bicyclic) bond motifs is 3. The lowest BCUT2D eigenvalue weighted by molar-refractivity contribution is -0.105. The van der Waals surface area contributed by atoms with E-state index in [1.165, 1.54) is 31.3 Å². The van der Waals surface area contributed by atoms with E-state index in [4.69, 9.17) is 9.47 Å². The number of rotatable bonds is 1. The highest BCUT2D eigenvalue weighted by Gasteiger charge is 2.73. The maximum Gasteiger partial charge on any atom is 0.178 e. The minimum absolute atomic E-state index is 0.102. The van der Waals surface area contributed by atoms with Crippen LogP contribution in [0.5, 0.6) is 0 Å². The van der Waals surface area contributed by atoms with Crippen LogP contribution in [0.3, 0.4) is 0 Å². The third-order valence-electron chi connectivity index (χ3n) is 7.98. The molecular formula is C20H32O2. The minimum Gasteiger partial charge on any atom is -0.343 e. The van der Waals surface area contributed by atoms with E-state index in [1.54, 1.807) is 0 Å². The molecule has 22 heavy (non-hydrogen) atoms. The highest BCUT2D eigenvalue weighted by Crippen LogP contribution is 2.74. The van der Waals surface area contributed by atoms with E-state index in [9.17, 15) is 0 Å². The van der Waals surface area contributed by atoms with Gasteiger partial charge in [0.2, 0.25) is 0 Å². The predicted molar refractivity (Wildman–Crippen MR) is 88.4 cm³/mol. The number of hydrogen-bond acceptors (Lipinski definition) is 2. The van der Waals surface area contributed by atoms with Gasteiger partial charge in [-0.2, -0.15) is 0 Å². The first-order valence-electron chi connectivity index (χ1n) is 9.18. The Morgan fingerprint density at radius 1 is 1.05 bits per heavy atom. The standard InChI is InChI=1S/C20H32O2/c1-12(2)9-17-21-16-11-20-10-15(19(16,6)22-17)18(4,5)14(20)8-7-13(20)3/h9,13-17H,7-8,10-11H2,1-6H3. The van der Waals surface area contributed by atoms with Gasteiger partial charge in [0.1, 0.15) is 0 Å². The van der Waals surface area contributed by atoms with Crippen LogP contribution in [0.1, 0.15) is 67.2 Å². The summed E-state index contributed by atoms with van der Waals surface area (Å²) in [4.78, 5) is 0. The van der Waals surface area contributed by atoms with Crippen molar-refractivity contribution in [2.24, 2.45) is 28.6 Å². The highest BCUT2D eigenvalue weighted by molar-refractivity contribution is 5.21. The SMILES string of the molecule is CC(C)=CC1OC2CC34CC(C(C)(C)C3CCC4C)C2(C)O1. The molecule has 4 aliphatic rings. The predicted octanol–water partition coefficient (Wildman–Crippen LogP) is 4.94. The molecule has 4 fully saturated rings. The molecule has 0 aromatic heterocycles. The van der Waals surface area contributed by atoms with Crippen molar-refractivity contribution >= 4 is 0 Å². The van der Waals surface area contributed by atoms with Crippen molar-refractivity contribution in [3.8, 4) is 0 Å². The lowest BCUT2D eigenvalue weighted by Crippen LogP contribution is -2.52. The molecular weight excluding hydrogens is 272 g/mol. The van der Waals surface area contributed by atoms with Crippen LogP contribution in [0.2, 0.25) is 0 Å². The quantitative estimate of drug-likeness (QED) is 0.639.